The molecule has 32 heavy (non-hydrogen) atoms. The zero-order valence-corrected chi connectivity index (χ0v) is 21.7. The summed E-state index contributed by atoms with van der Waals surface area (Å²) >= 11 is 6.53. The third kappa shape index (κ3) is 5.91. The molecule has 0 saturated carbocycles. The van der Waals surface area contributed by atoms with Crippen LogP contribution >= 0.6 is 11.6 Å². The molecule has 4 atom stereocenters. The Hall–Kier alpha value is -1.44. The number of hydrogen-bond acceptors (Lipinski definition) is 6. The predicted octanol–water partition coefficient (Wildman–Crippen LogP) is 5.52. The molecule has 0 aliphatic carbocycles. The van der Waals surface area contributed by atoms with Crippen molar-refractivity contribution in [3.8, 4) is 0 Å². The van der Waals surface area contributed by atoms with Crippen LogP contribution in [0.25, 0.3) is 11.1 Å². The van der Waals surface area contributed by atoms with Crippen molar-refractivity contribution in [3.05, 3.63) is 23.0 Å². The van der Waals surface area contributed by atoms with Gasteiger partial charge in [0.05, 0.1) is 22.2 Å². The highest BCUT2D eigenvalue weighted by Crippen LogP contribution is 2.36. The van der Waals surface area contributed by atoms with Crippen molar-refractivity contribution in [1.29, 1.82) is 0 Å². The lowest BCUT2D eigenvalue weighted by molar-refractivity contribution is -0.155. The highest BCUT2D eigenvalue weighted by Gasteiger charge is 2.35. The second kappa shape index (κ2) is 9.43. The maximum absolute atomic E-state index is 13.8. The monoisotopic (exact) mass is 482 g/mol. The Bertz CT molecular complexity index is 1010. The van der Waals surface area contributed by atoms with E-state index in [1.165, 1.54) is 0 Å². The molecule has 1 N–H and O–H groups in total. The number of ether oxygens (including phenoxy) is 1. The summed E-state index contributed by atoms with van der Waals surface area (Å²) < 4.78 is 25.4. The van der Waals surface area contributed by atoms with Crippen molar-refractivity contribution in [2.45, 2.75) is 107 Å². The van der Waals surface area contributed by atoms with Crippen LogP contribution in [0.4, 0.5) is 0 Å². The normalized spacial score (nSPS) is 23.3. The minimum absolute atomic E-state index is 0.102. The Morgan fingerprint density at radius 3 is 2.47 bits per heavy atom. The number of carbonyl (C=O) groups is 1. The molecule has 1 fully saturated rings. The first-order chi connectivity index (χ1) is 14.8. The maximum atomic E-state index is 13.8. The van der Waals surface area contributed by atoms with Crippen LogP contribution in [0.2, 0.25) is 5.02 Å². The van der Waals surface area contributed by atoms with Gasteiger partial charge in [0.15, 0.2) is 5.58 Å². The van der Waals surface area contributed by atoms with Gasteiger partial charge in [-0.25, -0.2) is 4.98 Å². The number of nitrogens with zero attached hydrogens (tertiary/aromatic N) is 1. The van der Waals surface area contributed by atoms with E-state index in [2.05, 4.69) is 17.2 Å². The quantitative estimate of drug-likeness (QED) is 0.565. The van der Waals surface area contributed by atoms with Crippen molar-refractivity contribution in [2.75, 3.05) is 0 Å². The first-order valence-corrected chi connectivity index (χ1v) is 12.9. The predicted molar refractivity (Wildman–Crippen MR) is 129 cm³/mol. The molecule has 1 aliphatic heterocycles. The van der Waals surface area contributed by atoms with Gasteiger partial charge in [0.2, 0.25) is 5.89 Å². The Morgan fingerprint density at radius 1 is 1.22 bits per heavy atom. The minimum Gasteiger partial charge on any atom is -0.460 e. The van der Waals surface area contributed by atoms with Crippen molar-refractivity contribution >= 4 is 39.5 Å². The zero-order valence-electron chi connectivity index (χ0n) is 20.1. The van der Waals surface area contributed by atoms with E-state index in [0.29, 0.717) is 33.3 Å². The Labute approximate surface area is 198 Å². The molecule has 0 amide bonds. The number of piperidine rings is 1. The van der Waals surface area contributed by atoms with Crippen molar-refractivity contribution < 1.29 is 18.2 Å². The molecule has 1 aromatic heterocycles. The van der Waals surface area contributed by atoms with Crippen molar-refractivity contribution in [2.24, 2.45) is 0 Å². The summed E-state index contributed by atoms with van der Waals surface area (Å²) in [5.41, 5.74) is 0.355. The molecule has 8 heteroatoms. The van der Waals surface area contributed by atoms with Crippen LogP contribution in [0.5, 0.6) is 0 Å². The third-order valence-corrected chi connectivity index (χ3v) is 7.73. The van der Waals surface area contributed by atoms with Crippen LogP contribution in [-0.2, 0) is 25.7 Å². The number of esters is 1. The number of carbonyl (C=O) groups excluding carboxylic acids is 1. The Balaban J connectivity index is 1.88. The van der Waals surface area contributed by atoms with Crippen LogP contribution in [0.1, 0.15) is 80.0 Å². The van der Waals surface area contributed by atoms with Gasteiger partial charge >= 0.3 is 5.97 Å². The fourth-order valence-corrected chi connectivity index (χ4v) is 6.12. The summed E-state index contributed by atoms with van der Waals surface area (Å²) in [5.74, 6) is 0.342. The maximum Gasteiger partial charge on any atom is 0.307 e. The largest absolute Gasteiger partial charge is 0.460 e. The fraction of sp³-hybridized carbons (Fsp3) is 0.667. The van der Waals surface area contributed by atoms with E-state index in [1.807, 2.05) is 41.5 Å². The van der Waals surface area contributed by atoms with Gasteiger partial charge in [0, 0.05) is 22.7 Å². The molecule has 3 unspecified atom stereocenters. The van der Waals surface area contributed by atoms with E-state index < -0.39 is 16.4 Å². The van der Waals surface area contributed by atoms with Crippen LogP contribution in [0.3, 0.4) is 0 Å². The summed E-state index contributed by atoms with van der Waals surface area (Å²) in [6, 6.07) is 3.61. The molecule has 1 saturated heterocycles. The molecule has 1 aliphatic rings. The molecule has 178 valence electrons. The van der Waals surface area contributed by atoms with E-state index in [4.69, 9.17) is 20.8 Å². The first kappa shape index (κ1) is 25.2. The zero-order chi connectivity index (χ0) is 23.8. The van der Waals surface area contributed by atoms with Crippen molar-refractivity contribution in [3.63, 3.8) is 0 Å². The number of fused-ring (bicyclic) bond motifs is 1. The van der Waals surface area contributed by atoms with Gasteiger partial charge in [0.1, 0.15) is 16.0 Å². The average Bonchev–Trinajstić information content (AvgIpc) is 3.10. The van der Waals surface area contributed by atoms with Crippen LogP contribution in [-0.4, -0.2) is 38.1 Å². The standard InChI is InChI=1S/C24H35ClN2O4S/c1-8-14-11-16(12-15(26-14)13-19(28)31-24(5,6)7)32(29)21-17(25)9-10-18-20(21)30-22(27-18)23(2,3)4/h9-10,14-16,26H,8,11-13H2,1-7H3/t14?,15-,16?,32?/m0/s1. The number of aromatic nitrogens is 1. The SMILES string of the molecule is CCC1CC(S(=O)c2c(Cl)ccc3nc(C(C)(C)C)oc23)C[C@@H](CC(=O)OC(C)(C)C)N1. The summed E-state index contributed by atoms with van der Waals surface area (Å²) in [6.07, 6.45) is 2.46. The molecule has 0 bridgehead atoms. The highest BCUT2D eigenvalue weighted by molar-refractivity contribution is 7.86. The molecule has 0 spiro atoms. The summed E-state index contributed by atoms with van der Waals surface area (Å²) in [6.45, 7) is 13.7. The molecular weight excluding hydrogens is 448 g/mol. The third-order valence-electron chi connectivity index (χ3n) is 5.50. The number of hydrogen-bond donors (Lipinski definition) is 1. The lowest BCUT2D eigenvalue weighted by Gasteiger charge is -2.35. The Kier molecular flexibility index (Phi) is 7.42. The summed E-state index contributed by atoms with van der Waals surface area (Å²) in [4.78, 5) is 17.5. The molecule has 1 aromatic carbocycles. The lowest BCUT2D eigenvalue weighted by atomic mass is 9.94. The van der Waals surface area contributed by atoms with Crippen molar-refractivity contribution in [1.82, 2.24) is 10.3 Å². The molecule has 2 heterocycles. The van der Waals surface area contributed by atoms with E-state index in [9.17, 15) is 9.00 Å². The second-order valence-electron chi connectivity index (χ2n) is 10.6. The van der Waals surface area contributed by atoms with Gasteiger partial charge < -0.3 is 14.5 Å². The number of oxazole rings is 1. The number of rotatable bonds is 5. The fourth-order valence-electron chi connectivity index (χ4n) is 4.00. The van der Waals surface area contributed by atoms with E-state index in [1.54, 1.807) is 12.1 Å². The minimum atomic E-state index is -1.40. The molecule has 2 aromatic rings. The van der Waals surface area contributed by atoms with Crippen LogP contribution in [0.15, 0.2) is 21.4 Å². The van der Waals surface area contributed by atoms with E-state index in [-0.39, 0.29) is 35.1 Å². The summed E-state index contributed by atoms with van der Waals surface area (Å²) in [7, 11) is -1.40. The topological polar surface area (TPSA) is 81.4 Å². The number of benzene rings is 1. The Morgan fingerprint density at radius 2 is 1.88 bits per heavy atom. The van der Waals surface area contributed by atoms with Gasteiger partial charge in [-0.1, -0.05) is 39.3 Å². The van der Waals surface area contributed by atoms with Gasteiger partial charge in [0.25, 0.3) is 0 Å². The highest BCUT2D eigenvalue weighted by atomic mass is 35.5. The molecule has 0 radical (unpaired) electrons. The second-order valence-corrected chi connectivity index (χ2v) is 12.7. The first-order valence-electron chi connectivity index (χ1n) is 11.3. The number of nitrogens with one attached hydrogen (secondary N) is 1. The van der Waals surface area contributed by atoms with Crippen LogP contribution in [0, 0.1) is 0 Å². The lowest BCUT2D eigenvalue weighted by Crippen LogP contribution is -2.49. The summed E-state index contributed by atoms with van der Waals surface area (Å²) in [5, 5.41) is 3.79. The van der Waals surface area contributed by atoms with E-state index >= 15 is 0 Å². The van der Waals surface area contributed by atoms with Gasteiger partial charge in [-0.3, -0.25) is 9.00 Å². The smallest absolute Gasteiger partial charge is 0.307 e. The van der Waals surface area contributed by atoms with Crippen LogP contribution < -0.4 is 5.32 Å². The number of halogens is 1. The molecular formula is C24H35ClN2O4S. The molecule has 6 nitrogen and oxygen atoms in total. The average molecular weight is 483 g/mol. The van der Waals surface area contributed by atoms with Gasteiger partial charge in [-0.2, -0.15) is 0 Å². The van der Waals surface area contributed by atoms with Gasteiger partial charge in [-0.05, 0) is 52.2 Å². The van der Waals surface area contributed by atoms with E-state index in [0.717, 1.165) is 12.8 Å². The molecule has 3 rings (SSSR count). The van der Waals surface area contributed by atoms with Gasteiger partial charge in [-0.15, -0.1) is 0 Å².